The SMILES string of the molecule is Cc1cccc(Oc2nc3ccccn3c(=O)c2/C=C2\SC(=S)N(C(C)C)C2=O)c1. The van der Waals surface area contributed by atoms with E-state index >= 15 is 0 Å². The zero-order valence-electron chi connectivity index (χ0n) is 16.7. The molecule has 1 saturated heterocycles. The molecular formula is C22H19N3O3S2. The number of aromatic nitrogens is 2. The zero-order chi connectivity index (χ0) is 21.4. The highest BCUT2D eigenvalue weighted by atomic mass is 32.2. The van der Waals surface area contributed by atoms with Crippen LogP contribution in [0.5, 0.6) is 11.6 Å². The van der Waals surface area contributed by atoms with Gasteiger partial charge in [-0.15, -0.1) is 0 Å². The highest BCUT2D eigenvalue weighted by Crippen LogP contribution is 2.35. The maximum Gasteiger partial charge on any atom is 0.269 e. The third kappa shape index (κ3) is 3.76. The number of carbonyl (C=O) groups excluding carboxylic acids is 1. The fraction of sp³-hybridized carbons (Fsp3) is 0.182. The van der Waals surface area contributed by atoms with Gasteiger partial charge in [-0.2, -0.15) is 4.98 Å². The van der Waals surface area contributed by atoms with Crippen LogP contribution in [0.1, 0.15) is 25.0 Å². The first-order valence-electron chi connectivity index (χ1n) is 9.38. The second-order valence-electron chi connectivity index (χ2n) is 7.13. The van der Waals surface area contributed by atoms with Crippen molar-refractivity contribution in [2.75, 3.05) is 0 Å². The number of pyridine rings is 1. The summed E-state index contributed by atoms with van der Waals surface area (Å²) in [6, 6.07) is 12.7. The van der Waals surface area contributed by atoms with Crippen molar-refractivity contribution in [1.82, 2.24) is 14.3 Å². The highest BCUT2D eigenvalue weighted by Gasteiger charge is 2.34. The minimum absolute atomic E-state index is 0.0674. The van der Waals surface area contributed by atoms with Crippen LogP contribution in [0.2, 0.25) is 0 Å². The maximum atomic E-state index is 13.2. The average Bonchev–Trinajstić information content (AvgIpc) is 2.98. The minimum atomic E-state index is -0.321. The molecule has 0 saturated carbocycles. The number of rotatable bonds is 4. The topological polar surface area (TPSA) is 63.9 Å². The van der Waals surface area contributed by atoms with Gasteiger partial charge in [-0.3, -0.25) is 18.9 Å². The van der Waals surface area contributed by atoms with Crippen molar-refractivity contribution in [2.45, 2.75) is 26.8 Å². The lowest BCUT2D eigenvalue weighted by atomic mass is 10.2. The summed E-state index contributed by atoms with van der Waals surface area (Å²) in [6.45, 7) is 5.74. The van der Waals surface area contributed by atoms with E-state index in [4.69, 9.17) is 17.0 Å². The predicted octanol–water partition coefficient (Wildman–Crippen LogP) is 4.40. The molecule has 0 spiro atoms. The van der Waals surface area contributed by atoms with Crippen molar-refractivity contribution in [2.24, 2.45) is 0 Å². The summed E-state index contributed by atoms with van der Waals surface area (Å²) in [7, 11) is 0. The molecule has 1 amide bonds. The van der Waals surface area contributed by atoms with Gasteiger partial charge in [0, 0.05) is 12.2 Å². The van der Waals surface area contributed by atoms with Gasteiger partial charge in [0.15, 0.2) is 0 Å². The van der Waals surface area contributed by atoms with Gasteiger partial charge in [0.2, 0.25) is 5.88 Å². The van der Waals surface area contributed by atoms with E-state index in [1.165, 1.54) is 22.2 Å². The zero-order valence-corrected chi connectivity index (χ0v) is 18.3. The molecule has 8 heteroatoms. The van der Waals surface area contributed by atoms with E-state index < -0.39 is 0 Å². The van der Waals surface area contributed by atoms with Crippen LogP contribution in [0.25, 0.3) is 11.7 Å². The number of hydrogen-bond acceptors (Lipinski definition) is 6. The van der Waals surface area contributed by atoms with Crippen molar-refractivity contribution in [3.8, 4) is 11.6 Å². The fourth-order valence-electron chi connectivity index (χ4n) is 3.13. The number of hydrogen-bond donors (Lipinski definition) is 0. The first-order chi connectivity index (χ1) is 14.3. The van der Waals surface area contributed by atoms with E-state index in [0.717, 1.165) is 5.56 Å². The first kappa shape index (κ1) is 20.3. The lowest BCUT2D eigenvalue weighted by Gasteiger charge is -2.18. The Morgan fingerprint density at radius 2 is 1.97 bits per heavy atom. The Morgan fingerprint density at radius 1 is 1.17 bits per heavy atom. The molecule has 1 aliphatic rings. The second kappa shape index (κ2) is 8.04. The van der Waals surface area contributed by atoms with Crippen LogP contribution in [-0.4, -0.2) is 30.6 Å². The van der Waals surface area contributed by atoms with Crippen LogP contribution in [-0.2, 0) is 4.79 Å². The van der Waals surface area contributed by atoms with Gasteiger partial charge >= 0.3 is 0 Å². The monoisotopic (exact) mass is 437 g/mol. The molecule has 0 radical (unpaired) electrons. The Kier molecular flexibility index (Phi) is 5.44. The normalized spacial score (nSPS) is 15.6. The van der Waals surface area contributed by atoms with Crippen molar-refractivity contribution in [3.63, 3.8) is 0 Å². The smallest absolute Gasteiger partial charge is 0.269 e. The number of thioether (sulfide) groups is 1. The molecule has 1 aromatic carbocycles. The molecule has 3 aromatic rings. The molecular weight excluding hydrogens is 418 g/mol. The summed E-state index contributed by atoms with van der Waals surface area (Å²) < 4.78 is 7.89. The molecule has 152 valence electrons. The van der Waals surface area contributed by atoms with E-state index in [1.807, 2.05) is 39.0 Å². The summed E-state index contributed by atoms with van der Waals surface area (Å²) in [5.74, 6) is 0.484. The lowest BCUT2D eigenvalue weighted by Crippen LogP contribution is -2.34. The number of amides is 1. The van der Waals surface area contributed by atoms with Crippen LogP contribution in [0.3, 0.4) is 0 Å². The van der Waals surface area contributed by atoms with Crippen molar-refractivity contribution < 1.29 is 9.53 Å². The molecule has 30 heavy (non-hydrogen) atoms. The highest BCUT2D eigenvalue weighted by molar-refractivity contribution is 8.26. The van der Waals surface area contributed by atoms with Gasteiger partial charge in [-0.05, 0) is 56.7 Å². The summed E-state index contributed by atoms with van der Waals surface area (Å²) in [5.41, 5.74) is 1.35. The van der Waals surface area contributed by atoms with E-state index in [2.05, 4.69) is 4.98 Å². The molecule has 4 rings (SSSR count). The number of ether oxygens (including phenoxy) is 1. The van der Waals surface area contributed by atoms with E-state index in [9.17, 15) is 9.59 Å². The van der Waals surface area contributed by atoms with E-state index in [1.54, 1.807) is 35.4 Å². The van der Waals surface area contributed by atoms with Crippen LogP contribution in [0.4, 0.5) is 0 Å². The summed E-state index contributed by atoms with van der Waals surface area (Å²) in [6.07, 6.45) is 3.17. The average molecular weight is 438 g/mol. The van der Waals surface area contributed by atoms with Crippen LogP contribution in [0.15, 0.2) is 58.4 Å². The van der Waals surface area contributed by atoms with Crippen LogP contribution >= 0.6 is 24.0 Å². The molecule has 3 heterocycles. The van der Waals surface area contributed by atoms with Gasteiger partial charge in [0.25, 0.3) is 11.5 Å². The third-order valence-corrected chi connectivity index (χ3v) is 5.88. The predicted molar refractivity (Wildman–Crippen MR) is 123 cm³/mol. The second-order valence-corrected chi connectivity index (χ2v) is 8.80. The quantitative estimate of drug-likeness (QED) is 0.445. The molecule has 0 bridgehead atoms. The molecule has 0 N–H and O–H groups in total. The standard InChI is InChI=1S/C22H19N3O3S2/c1-13(2)25-21(27)17(30-22(25)29)12-16-19(28-15-8-6-7-14(3)11-15)23-18-9-4-5-10-24(18)20(16)26/h4-13H,1-3H3/b17-12-. The molecule has 6 nitrogen and oxygen atoms in total. The molecule has 0 aliphatic carbocycles. The molecule has 1 fully saturated rings. The minimum Gasteiger partial charge on any atom is -0.438 e. The van der Waals surface area contributed by atoms with Crippen LogP contribution in [0, 0.1) is 6.92 Å². The summed E-state index contributed by atoms with van der Waals surface area (Å²) >= 11 is 6.52. The molecule has 1 aliphatic heterocycles. The fourth-order valence-corrected chi connectivity index (χ4v) is 4.64. The first-order valence-corrected chi connectivity index (χ1v) is 10.6. The Bertz CT molecular complexity index is 1260. The number of thiocarbonyl (C=S) groups is 1. The number of carbonyl (C=O) groups is 1. The Morgan fingerprint density at radius 3 is 2.67 bits per heavy atom. The van der Waals surface area contributed by atoms with Gasteiger partial charge in [-0.1, -0.05) is 42.2 Å². The number of fused-ring (bicyclic) bond motifs is 1. The summed E-state index contributed by atoms with van der Waals surface area (Å²) in [4.78, 5) is 32.5. The number of aryl methyl sites for hydroxylation is 1. The molecule has 0 unspecified atom stereocenters. The number of nitrogens with zero attached hydrogens (tertiary/aromatic N) is 3. The van der Waals surface area contributed by atoms with Crippen molar-refractivity contribution >= 4 is 45.9 Å². The Balaban J connectivity index is 1.87. The van der Waals surface area contributed by atoms with Gasteiger partial charge in [0.1, 0.15) is 21.3 Å². The van der Waals surface area contributed by atoms with Gasteiger partial charge < -0.3 is 4.74 Å². The van der Waals surface area contributed by atoms with Crippen molar-refractivity contribution in [1.29, 1.82) is 0 Å². The largest absolute Gasteiger partial charge is 0.438 e. The van der Waals surface area contributed by atoms with Crippen molar-refractivity contribution in [3.05, 3.63) is 75.0 Å². The Hall–Kier alpha value is -2.97. The van der Waals surface area contributed by atoms with E-state index in [-0.39, 0.29) is 29.0 Å². The lowest BCUT2D eigenvalue weighted by molar-refractivity contribution is -0.123. The Labute approximate surface area is 183 Å². The van der Waals surface area contributed by atoms with Gasteiger partial charge in [-0.25, -0.2) is 0 Å². The molecule has 2 aromatic heterocycles. The third-order valence-electron chi connectivity index (χ3n) is 4.55. The molecule has 0 atom stereocenters. The van der Waals surface area contributed by atoms with E-state index in [0.29, 0.717) is 20.6 Å². The van der Waals surface area contributed by atoms with Gasteiger partial charge in [0.05, 0.1) is 4.91 Å². The van der Waals surface area contributed by atoms with Crippen LogP contribution < -0.4 is 10.3 Å². The summed E-state index contributed by atoms with van der Waals surface area (Å²) in [5, 5.41) is 0. The number of benzene rings is 1. The maximum absolute atomic E-state index is 13.2.